The molecule has 0 fully saturated rings. The molecule has 0 radical (unpaired) electrons. The zero-order chi connectivity index (χ0) is 7.84. The molecule has 0 unspecified atom stereocenters. The quantitative estimate of drug-likeness (QED) is 0.697. The minimum Gasteiger partial charge on any atom is -0.220 e. The highest BCUT2D eigenvalue weighted by atomic mass is 79.9. The van der Waals surface area contributed by atoms with Crippen LogP contribution in [0.15, 0.2) is 23.1 Å². The zero-order valence-electron chi connectivity index (χ0n) is 5.33. The first-order valence-electron chi connectivity index (χ1n) is 2.92. The summed E-state index contributed by atoms with van der Waals surface area (Å²) in [4.78, 5) is 3.97. The molecule has 0 aliphatic heterocycles. The predicted octanol–water partition coefficient (Wildman–Crippen LogP) is 2.15. The molecule has 5 heteroatoms. The molecule has 0 amide bonds. The largest absolute Gasteiger partial charge is 0.220 e. The predicted molar refractivity (Wildman–Crippen MR) is 45.7 cm³/mol. The van der Waals surface area contributed by atoms with Gasteiger partial charge in [0, 0.05) is 12.3 Å². The van der Waals surface area contributed by atoms with E-state index in [0.29, 0.717) is 5.02 Å². The minimum atomic E-state index is 0.644. The van der Waals surface area contributed by atoms with Crippen molar-refractivity contribution in [1.82, 2.24) is 14.6 Å². The molecule has 3 nitrogen and oxygen atoms in total. The third-order valence-corrected chi connectivity index (χ3v) is 2.49. The number of nitrogens with zero attached hydrogens (tertiary/aromatic N) is 3. The summed E-state index contributed by atoms with van der Waals surface area (Å²) in [7, 11) is 0. The fourth-order valence-corrected chi connectivity index (χ4v) is 1.27. The Morgan fingerprint density at radius 2 is 2.36 bits per heavy atom. The van der Waals surface area contributed by atoms with Crippen molar-refractivity contribution in [1.29, 1.82) is 0 Å². The lowest BCUT2D eigenvalue weighted by Crippen LogP contribution is -1.86. The molecule has 0 aliphatic carbocycles. The molecule has 2 aromatic rings. The molecule has 0 spiro atoms. The average Bonchev–Trinajstić information content (AvgIpc) is 2.36. The fraction of sp³-hybridized carbons (Fsp3) is 0. The molecule has 0 saturated carbocycles. The second-order valence-corrected chi connectivity index (χ2v) is 3.29. The van der Waals surface area contributed by atoms with Crippen molar-refractivity contribution < 1.29 is 0 Å². The van der Waals surface area contributed by atoms with Crippen LogP contribution in [0, 0.1) is 0 Å². The molecule has 0 saturated heterocycles. The third-order valence-electron chi connectivity index (χ3n) is 1.32. The maximum absolute atomic E-state index is 5.82. The molecule has 2 aromatic heterocycles. The number of hydrogen-bond acceptors (Lipinski definition) is 2. The lowest BCUT2D eigenvalue weighted by atomic mass is 10.5. The van der Waals surface area contributed by atoms with Gasteiger partial charge >= 0.3 is 0 Å². The monoisotopic (exact) mass is 231 g/mol. The second kappa shape index (κ2) is 2.46. The average molecular weight is 232 g/mol. The lowest BCUT2D eigenvalue weighted by Gasteiger charge is -1.94. The molecule has 2 rings (SSSR count). The normalized spacial score (nSPS) is 10.7. The van der Waals surface area contributed by atoms with E-state index in [2.05, 4.69) is 26.0 Å². The lowest BCUT2D eigenvalue weighted by molar-refractivity contribution is 0.956. The van der Waals surface area contributed by atoms with Gasteiger partial charge in [0.1, 0.15) is 6.33 Å². The van der Waals surface area contributed by atoms with E-state index in [-0.39, 0.29) is 0 Å². The van der Waals surface area contributed by atoms with Gasteiger partial charge in [-0.3, -0.25) is 0 Å². The van der Waals surface area contributed by atoms with Crippen LogP contribution in [0.5, 0.6) is 0 Å². The molecular weight excluding hydrogens is 229 g/mol. The van der Waals surface area contributed by atoms with Gasteiger partial charge in [-0.2, -0.15) is 5.10 Å². The minimum absolute atomic E-state index is 0.644. The van der Waals surface area contributed by atoms with Gasteiger partial charge in [0.25, 0.3) is 0 Å². The van der Waals surface area contributed by atoms with Gasteiger partial charge in [-0.05, 0) is 15.9 Å². The summed E-state index contributed by atoms with van der Waals surface area (Å²) in [6.45, 7) is 0. The van der Waals surface area contributed by atoms with Crippen LogP contribution in [0.3, 0.4) is 0 Å². The Balaban J connectivity index is 2.86. The van der Waals surface area contributed by atoms with Gasteiger partial charge in [-0.15, -0.1) is 0 Å². The summed E-state index contributed by atoms with van der Waals surface area (Å²) < 4.78 is 2.47. The van der Waals surface area contributed by atoms with Crippen LogP contribution in [0.2, 0.25) is 5.02 Å². The number of fused-ring (bicyclic) bond motifs is 1. The van der Waals surface area contributed by atoms with Crippen LogP contribution in [0.4, 0.5) is 0 Å². The van der Waals surface area contributed by atoms with E-state index in [4.69, 9.17) is 11.6 Å². The fourth-order valence-electron chi connectivity index (χ4n) is 0.813. The molecule has 2 heterocycles. The molecule has 0 aliphatic rings. The van der Waals surface area contributed by atoms with Gasteiger partial charge in [0.15, 0.2) is 5.65 Å². The van der Waals surface area contributed by atoms with E-state index in [1.807, 2.05) is 0 Å². The van der Waals surface area contributed by atoms with Gasteiger partial charge in [-0.25, -0.2) is 9.50 Å². The van der Waals surface area contributed by atoms with Crippen LogP contribution >= 0.6 is 27.5 Å². The molecule has 0 bridgehead atoms. The molecule has 11 heavy (non-hydrogen) atoms. The number of hydrogen-bond donors (Lipinski definition) is 0. The third kappa shape index (κ3) is 1.12. The molecule has 0 aromatic carbocycles. The van der Waals surface area contributed by atoms with E-state index in [0.717, 1.165) is 10.1 Å². The Kier molecular flexibility index (Phi) is 1.58. The first-order chi connectivity index (χ1) is 5.27. The van der Waals surface area contributed by atoms with Crippen molar-refractivity contribution in [3.63, 3.8) is 0 Å². The van der Waals surface area contributed by atoms with Crippen molar-refractivity contribution in [2.75, 3.05) is 0 Å². The summed E-state index contributed by atoms with van der Waals surface area (Å²) in [6, 6.07) is 1.75. The Labute approximate surface area is 76.1 Å². The highest BCUT2D eigenvalue weighted by molar-refractivity contribution is 9.10. The second-order valence-electron chi connectivity index (χ2n) is 2.03. The number of halogens is 2. The van der Waals surface area contributed by atoms with Crippen LogP contribution in [-0.4, -0.2) is 14.6 Å². The zero-order valence-corrected chi connectivity index (χ0v) is 7.67. The van der Waals surface area contributed by atoms with Crippen molar-refractivity contribution >= 4 is 33.2 Å². The maximum Gasteiger partial charge on any atom is 0.156 e. The highest BCUT2D eigenvalue weighted by Crippen LogP contribution is 2.22. The van der Waals surface area contributed by atoms with Crippen LogP contribution < -0.4 is 0 Å². The summed E-state index contributed by atoms with van der Waals surface area (Å²) in [6.07, 6.45) is 3.25. The van der Waals surface area contributed by atoms with Crippen LogP contribution in [-0.2, 0) is 0 Å². The molecule has 56 valence electrons. The summed E-state index contributed by atoms with van der Waals surface area (Å²) in [5, 5.41) is 4.58. The van der Waals surface area contributed by atoms with E-state index in [1.165, 1.54) is 6.33 Å². The van der Waals surface area contributed by atoms with Crippen molar-refractivity contribution in [2.45, 2.75) is 0 Å². The van der Waals surface area contributed by atoms with Crippen molar-refractivity contribution in [3.8, 4) is 0 Å². The topological polar surface area (TPSA) is 30.2 Å². The Hall–Kier alpha value is -0.610. The smallest absolute Gasteiger partial charge is 0.156 e. The van der Waals surface area contributed by atoms with Gasteiger partial charge in [0.05, 0.1) is 9.50 Å². The summed E-state index contributed by atoms with van der Waals surface area (Å²) in [5.41, 5.74) is 0.748. The van der Waals surface area contributed by atoms with Crippen molar-refractivity contribution in [3.05, 3.63) is 28.1 Å². The van der Waals surface area contributed by atoms with Gasteiger partial charge in [0.2, 0.25) is 0 Å². The van der Waals surface area contributed by atoms with E-state index >= 15 is 0 Å². The SMILES string of the molecule is Clc1cc2ncnn2cc1Br. The molecule has 0 N–H and O–H groups in total. The van der Waals surface area contributed by atoms with E-state index in [9.17, 15) is 0 Å². The summed E-state index contributed by atoms with van der Waals surface area (Å²) in [5.74, 6) is 0. The standard InChI is InChI=1S/C6H3BrClN3/c7-4-2-11-6(1-5(4)8)9-3-10-11/h1-3H. The number of aromatic nitrogens is 3. The van der Waals surface area contributed by atoms with E-state index in [1.54, 1.807) is 16.8 Å². The Morgan fingerprint density at radius 3 is 3.18 bits per heavy atom. The van der Waals surface area contributed by atoms with Gasteiger partial charge < -0.3 is 0 Å². The van der Waals surface area contributed by atoms with E-state index < -0.39 is 0 Å². The maximum atomic E-state index is 5.82. The Morgan fingerprint density at radius 1 is 1.55 bits per heavy atom. The van der Waals surface area contributed by atoms with Crippen molar-refractivity contribution in [2.24, 2.45) is 0 Å². The van der Waals surface area contributed by atoms with Crippen LogP contribution in [0.1, 0.15) is 0 Å². The molecule has 0 atom stereocenters. The Bertz CT molecular complexity index is 362. The number of pyridine rings is 1. The van der Waals surface area contributed by atoms with Gasteiger partial charge in [-0.1, -0.05) is 11.6 Å². The highest BCUT2D eigenvalue weighted by Gasteiger charge is 2.00. The molecular formula is C6H3BrClN3. The summed E-state index contributed by atoms with van der Waals surface area (Å²) >= 11 is 9.10. The first-order valence-corrected chi connectivity index (χ1v) is 4.09. The van der Waals surface area contributed by atoms with Crippen LogP contribution in [0.25, 0.3) is 5.65 Å². The first kappa shape index (κ1) is 7.06. The number of rotatable bonds is 0.